The molecule has 1 amide bonds. The van der Waals surface area contributed by atoms with Crippen LogP contribution in [0, 0.1) is 0 Å². The normalized spacial score (nSPS) is 11.0. The first-order valence-electron chi connectivity index (χ1n) is 8.68. The van der Waals surface area contributed by atoms with E-state index >= 15 is 0 Å². The van der Waals surface area contributed by atoms with E-state index in [1.807, 2.05) is 54.6 Å². The van der Waals surface area contributed by atoms with Crippen LogP contribution >= 0.6 is 34.5 Å². The van der Waals surface area contributed by atoms with Gasteiger partial charge in [-0.3, -0.25) is 9.59 Å². The average molecular weight is 445 g/mol. The van der Waals surface area contributed by atoms with Gasteiger partial charge in [0.25, 0.3) is 5.91 Å². The van der Waals surface area contributed by atoms with Crippen molar-refractivity contribution in [1.82, 2.24) is 10.3 Å². The summed E-state index contributed by atoms with van der Waals surface area (Å²) in [6.45, 7) is -0.308. The smallest absolute Gasteiger partial charge is 0.325 e. The summed E-state index contributed by atoms with van der Waals surface area (Å²) in [6.07, 6.45) is 0. The van der Waals surface area contributed by atoms with Gasteiger partial charge in [0.15, 0.2) is 0 Å². The number of carbonyl (C=O) groups excluding carboxylic acids is 2. The summed E-state index contributed by atoms with van der Waals surface area (Å²) < 4.78 is 6.13. The number of aromatic nitrogens is 1. The highest BCUT2D eigenvalue weighted by molar-refractivity contribution is 7.21. The van der Waals surface area contributed by atoms with Gasteiger partial charge in [-0.25, -0.2) is 4.98 Å². The molecule has 0 spiro atoms. The summed E-state index contributed by atoms with van der Waals surface area (Å²) >= 11 is 13.7. The number of carbonyl (C=O) groups is 2. The zero-order valence-electron chi connectivity index (χ0n) is 14.9. The molecule has 4 aromatic rings. The van der Waals surface area contributed by atoms with E-state index in [9.17, 15) is 9.59 Å². The van der Waals surface area contributed by atoms with Gasteiger partial charge in [0.05, 0.1) is 10.5 Å². The zero-order valence-corrected chi connectivity index (χ0v) is 17.3. The predicted octanol–water partition coefficient (Wildman–Crippen LogP) is 5.23. The molecule has 0 aliphatic heterocycles. The first-order chi connectivity index (χ1) is 14.0. The third-order valence-corrected chi connectivity index (χ3v) is 6.27. The topological polar surface area (TPSA) is 68.3 Å². The predicted molar refractivity (Wildman–Crippen MR) is 116 cm³/mol. The number of esters is 1. The second-order valence-electron chi connectivity index (χ2n) is 6.22. The second-order valence-corrected chi connectivity index (χ2v) is 8.00. The molecule has 0 saturated carbocycles. The number of fused-ring (bicyclic) bond motifs is 2. The molecule has 0 atom stereocenters. The maximum absolute atomic E-state index is 12.4. The lowest BCUT2D eigenvalue weighted by atomic mass is 10.2. The Kier molecular flexibility index (Phi) is 5.67. The Labute approximate surface area is 180 Å². The largest absolute Gasteiger partial charge is 0.459 e. The number of nitrogens with zero attached hydrogens (tertiary/aromatic N) is 1. The summed E-state index contributed by atoms with van der Waals surface area (Å²) in [5.74, 6) is -1.00. The van der Waals surface area contributed by atoms with Crippen molar-refractivity contribution in [2.45, 2.75) is 6.61 Å². The van der Waals surface area contributed by atoms with Crippen LogP contribution in [0.25, 0.3) is 21.0 Å². The molecule has 2 heterocycles. The third kappa shape index (κ3) is 4.19. The van der Waals surface area contributed by atoms with Gasteiger partial charge in [-0.05, 0) is 18.2 Å². The summed E-state index contributed by atoms with van der Waals surface area (Å²) in [7, 11) is 0. The monoisotopic (exact) mass is 444 g/mol. The number of rotatable bonds is 5. The van der Waals surface area contributed by atoms with E-state index in [2.05, 4.69) is 10.3 Å². The SMILES string of the molecule is O=C(CNC(=O)c1sc2ccccc2c1Cl)OCc1cc2ccccc2nc1Cl. The van der Waals surface area contributed by atoms with Crippen molar-refractivity contribution in [2.75, 3.05) is 6.54 Å². The lowest BCUT2D eigenvalue weighted by Crippen LogP contribution is -2.30. The van der Waals surface area contributed by atoms with Gasteiger partial charge in [0, 0.05) is 21.0 Å². The third-order valence-electron chi connectivity index (χ3n) is 4.27. The first kappa shape index (κ1) is 19.6. The minimum atomic E-state index is -0.584. The van der Waals surface area contributed by atoms with Crippen molar-refractivity contribution in [3.63, 3.8) is 0 Å². The van der Waals surface area contributed by atoms with Gasteiger partial charge in [0.1, 0.15) is 23.2 Å². The van der Waals surface area contributed by atoms with Gasteiger partial charge < -0.3 is 10.1 Å². The fourth-order valence-electron chi connectivity index (χ4n) is 2.84. The molecule has 29 heavy (non-hydrogen) atoms. The van der Waals surface area contributed by atoms with Gasteiger partial charge in [-0.2, -0.15) is 0 Å². The highest BCUT2D eigenvalue weighted by atomic mass is 35.5. The van der Waals surface area contributed by atoms with Gasteiger partial charge >= 0.3 is 5.97 Å². The number of amides is 1. The molecule has 2 aromatic heterocycles. The molecule has 1 N–H and O–H groups in total. The van der Waals surface area contributed by atoms with Gasteiger partial charge in [-0.1, -0.05) is 59.6 Å². The van der Waals surface area contributed by atoms with Crippen LogP contribution in [-0.2, 0) is 16.1 Å². The Hall–Kier alpha value is -2.67. The molecule has 0 saturated heterocycles. The maximum Gasteiger partial charge on any atom is 0.325 e. The summed E-state index contributed by atoms with van der Waals surface area (Å²) in [6, 6.07) is 16.8. The minimum Gasteiger partial charge on any atom is -0.459 e. The van der Waals surface area contributed by atoms with Crippen LogP contribution in [0.15, 0.2) is 54.6 Å². The molecule has 0 unspecified atom stereocenters. The Morgan fingerprint density at radius 2 is 1.83 bits per heavy atom. The standard InChI is InChI=1S/C21H14Cl2N2O3S/c22-18-14-6-2-4-8-16(14)29-19(18)21(27)24-10-17(26)28-11-13-9-12-5-1-3-7-15(12)25-20(13)23/h1-9H,10-11H2,(H,24,27). The van der Waals surface area contributed by atoms with Crippen LogP contribution in [0.5, 0.6) is 0 Å². The minimum absolute atomic E-state index is 0.0327. The second kappa shape index (κ2) is 8.37. The quantitative estimate of drug-likeness (QED) is 0.338. The van der Waals surface area contributed by atoms with E-state index in [-0.39, 0.29) is 18.3 Å². The molecular formula is C21H14Cl2N2O3S. The Morgan fingerprint density at radius 3 is 2.66 bits per heavy atom. The maximum atomic E-state index is 12.4. The number of hydrogen-bond donors (Lipinski definition) is 1. The van der Waals surface area contributed by atoms with Crippen LogP contribution in [-0.4, -0.2) is 23.4 Å². The van der Waals surface area contributed by atoms with Gasteiger partial charge in [-0.15, -0.1) is 11.3 Å². The fourth-order valence-corrected chi connectivity index (χ4v) is 4.47. The van der Waals surface area contributed by atoms with Crippen molar-refractivity contribution in [3.8, 4) is 0 Å². The highest BCUT2D eigenvalue weighted by Crippen LogP contribution is 2.34. The molecule has 8 heteroatoms. The molecule has 0 radical (unpaired) electrons. The lowest BCUT2D eigenvalue weighted by Gasteiger charge is -2.08. The fraction of sp³-hybridized carbons (Fsp3) is 0.0952. The Balaban J connectivity index is 1.37. The molecule has 0 bridgehead atoms. The zero-order chi connectivity index (χ0) is 20.4. The van der Waals surface area contributed by atoms with Crippen molar-refractivity contribution < 1.29 is 14.3 Å². The molecule has 5 nitrogen and oxygen atoms in total. The number of nitrogens with one attached hydrogen (secondary N) is 1. The molecule has 2 aromatic carbocycles. The number of pyridine rings is 1. The van der Waals surface area contributed by atoms with E-state index in [1.54, 1.807) is 0 Å². The first-order valence-corrected chi connectivity index (χ1v) is 10.2. The van der Waals surface area contributed by atoms with E-state index in [4.69, 9.17) is 27.9 Å². The highest BCUT2D eigenvalue weighted by Gasteiger charge is 2.18. The van der Waals surface area contributed by atoms with Crippen LogP contribution in [0.1, 0.15) is 15.2 Å². The van der Waals surface area contributed by atoms with Crippen molar-refractivity contribution in [3.05, 3.63) is 75.2 Å². The summed E-state index contributed by atoms with van der Waals surface area (Å²) in [4.78, 5) is 29.1. The average Bonchev–Trinajstić information content (AvgIpc) is 3.07. The van der Waals surface area contributed by atoms with E-state index in [1.165, 1.54) is 11.3 Å². The summed E-state index contributed by atoms with van der Waals surface area (Å²) in [5.41, 5.74) is 1.36. The number of halogens is 2. The molecule has 146 valence electrons. The molecule has 0 aliphatic rings. The van der Waals surface area contributed by atoms with Crippen LogP contribution in [0.3, 0.4) is 0 Å². The summed E-state index contributed by atoms with van der Waals surface area (Å²) in [5, 5.41) is 4.91. The number of ether oxygens (including phenoxy) is 1. The Bertz CT molecular complexity index is 1240. The van der Waals surface area contributed by atoms with Crippen molar-refractivity contribution >= 4 is 67.4 Å². The van der Waals surface area contributed by atoms with E-state index in [0.717, 1.165) is 21.0 Å². The molecule has 4 rings (SSSR count). The molecular weight excluding hydrogens is 431 g/mol. The number of thiophene rings is 1. The lowest BCUT2D eigenvalue weighted by molar-refractivity contribution is -0.143. The van der Waals surface area contributed by atoms with Crippen LogP contribution in [0.2, 0.25) is 10.2 Å². The van der Waals surface area contributed by atoms with Crippen molar-refractivity contribution in [2.24, 2.45) is 0 Å². The molecule has 0 fully saturated rings. The van der Waals surface area contributed by atoms with Crippen LogP contribution in [0.4, 0.5) is 0 Å². The van der Waals surface area contributed by atoms with Gasteiger partial charge in [0.2, 0.25) is 0 Å². The van der Waals surface area contributed by atoms with E-state index < -0.39 is 11.9 Å². The van der Waals surface area contributed by atoms with E-state index in [0.29, 0.717) is 15.5 Å². The van der Waals surface area contributed by atoms with Crippen molar-refractivity contribution in [1.29, 1.82) is 0 Å². The number of benzene rings is 2. The Morgan fingerprint density at radius 1 is 1.07 bits per heavy atom. The number of para-hydroxylation sites is 1. The molecule has 0 aliphatic carbocycles. The number of hydrogen-bond acceptors (Lipinski definition) is 5. The van der Waals surface area contributed by atoms with Crippen LogP contribution < -0.4 is 5.32 Å².